The van der Waals surface area contributed by atoms with Crippen molar-refractivity contribution in [1.82, 2.24) is 0 Å². The van der Waals surface area contributed by atoms with Crippen LogP contribution >= 0.6 is 0 Å². The lowest BCUT2D eigenvalue weighted by molar-refractivity contribution is 0.229. The molecule has 20 heavy (non-hydrogen) atoms. The fourth-order valence-corrected chi connectivity index (χ4v) is 2.06. The van der Waals surface area contributed by atoms with Crippen LogP contribution in [0.4, 0.5) is 0 Å². The summed E-state index contributed by atoms with van der Waals surface area (Å²) in [5.41, 5.74) is 3.44. The van der Waals surface area contributed by atoms with Gasteiger partial charge in [0.15, 0.2) is 0 Å². The molecule has 0 saturated carbocycles. The SMILES string of the molecule is CC(C)(C)c1ccc(C(O)/C=C/c2ccccc2)cc1. The van der Waals surface area contributed by atoms with Gasteiger partial charge in [0.1, 0.15) is 0 Å². The van der Waals surface area contributed by atoms with Crippen LogP contribution in [-0.2, 0) is 5.41 Å². The molecule has 0 aliphatic rings. The molecule has 1 N–H and O–H groups in total. The summed E-state index contributed by atoms with van der Waals surface area (Å²) in [6.07, 6.45) is 3.20. The highest BCUT2D eigenvalue weighted by molar-refractivity contribution is 5.50. The molecule has 0 heterocycles. The monoisotopic (exact) mass is 266 g/mol. The van der Waals surface area contributed by atoms with Crippen LogP contribution in [0.1, 0.15) is 43.6 Å². The van der Waals surface area contributed by atoms with Gasteiger partial charge in [0, 0.05) is 0 Å². The summed E-state index contributed by atoms with van der Waals surface area (Å²) in [6, 6.07) is 18.2. The van der Waals surface area contributed by atoms with Gasteiger partial charge in [0.25, 0.3) is 0 Å². The predicted octanol–water partition coefficient (Wildman–Crippen LogP) is 4.73. The minimum Gasteiger partial charge on any atom is -0.384 e. The molecule has 1 heteroatoms. The molecule has 0 spiro atoms. The van der Waals surface area contributed by atoms with Crippen LogP contribution in [0.5, 0.6) is 0 Å². The zero-order valence-electron chi connectivity index (χ0n) is 12.4. The number of rotatable bonds is 3. The molecule has 0 radical (unpaired) electrons. The molecule has 104 valence electrons. The maximum Gasteiger partial charge on any atom is 0.0975 e. The zero-order valence-corrected chi connectivity index (χ0v) is 12.4. The summed E-state index contributed by atoms with van der Waals surface area (Å²) in [4.78, 5) is 0. The van der Waals surface area contributed by atoms with E-state index < -0.39 is 6.10 Å². The smallest absolute Gasteiger partial charge is 0.0975 e. The summed E-state index contributed by atoms with van der Waals surface area (Å²) >= 11 is 0. The van der Waals surface area contributed by atoms with Crippen molar-refractivity contribution in [2.24, 2.45) is 0 Å². The standard InChI is InChI=1S/C19H22O/c1-19(2,3)17-12-10-16(11-13-17)18(20)14-9-15-7-5-4-6-8-15/h4-14,18,20H,1-3H3/b14-9+. The Kier molecular flexibility index (Phi) is 4.41. The maximum absolute atomic E-state index is 10.2. The van der Waals surface area contributed by atoms with Gasteiger partial charge in [-0.15, -0.1) is 0 Å². The molecule has 0 saturated heterocycles. The molecule has 0 amide bonds. The Morgan fingerprint density at radius 2 is 1.50 bits per heavy atom. The number of benzene rings is 2. The quantitative estimate of drug-likeness (QED) is 0.851. The van der Waals surface area contributed by atoms with E-state index in [-0.39, 0.29) is 5.41 Å². The Morgan fingerprint density at radius 1 is 0.900 bits per heavy atom. The van der Waals surface area contributed by atoms with Crippen molar-refractivity contribution < 1.29 is 5.11 Å². The molecular weight excluding hydrogens is 244 g/mol. The highest BCUT2D eigenvalue weighted by atomic mass is 16.3. The van der Waals surface area contributed by atoms with Crippen LogP contribution in [0.2, 0.25) is 0 Å². The normalized spacial score (nSPS) is 13.6. The first kappa shape index (κ1) is 14.5. The second kappa shape index (κ2) is 6.06. The minimum atomic E-state index is -0.566. The van der Waals surface area contributed by atoms with E-state index in [1.165, 1.54) is 5.56 Å². The van der Waals surface area contributed by atoms with E-state index in [4.69, 9.17) is 0 Å². The van der Waals surface area contributed by atoms with E-state index in [9.17, 15) is 5.11 Å². The lowest BCUT2D eigenvalue weighted by Gasteiger charge is -2.19. The molecule has 2 aromatic carbocycles. The van der Waals surface area contributed by atoms with E-state index >= 15 is 0 Å². The van der Waals surface area contributed by atoms with Crippen molar-refractivity contribution in [3.05, 3.63) is 77.4 Å². The molecule has 0 bridgehead atoms. The van der Waals surface area contributed by atoms with Crippen molar-refractivity contribution in [3.8, 4) is 0 Å². The molecule has 0 aliphatic carbocycles. The van der Waals surface area contributed by atoms with Crippen molar-refractivity contribution in [1.29, 1.82) is 0 Å². The Bertz CT molecular complexity index is 559. The Labute approximate surface area is 121 Å². The van der Waals surface area contributed by atoms with Gasteiger partial charge in [0.05, 0.1) is 6.10 Å². The molecule has 0 aromatic heterocycles. The molecule has 1 atom stereocenters. The summed E-state index contributed by atoms with van der Waals surface area (Å²) in [5.74, 6) is 0. The lowest BCUT2D eigenvalue weighted by Crippen LogP contribution is -2.10. The average Bonchev–Trinajstić information content (AvgIpc) is 2.45. The van der Waals surface area contributed by atoms with E-state index in [0.29, 0.717) is 0 Å². The molecular formula is C19H22O. The third-order valence-electron chi connectivity index (χ3n) is 3.39. The Morgan fingerprint density at radius 3 is 2.05 bits per heavy atom. The first-order valence-electron chi connectivity index (χ1n) is 6.98. The van der Waals surface area contributed by atoms with Crippen LogP contribution in [-0.4, -0.2) is 5.11 Å². The van der Waals surface area contributed by atoms with Gasteiger partial charge < -0.3 is 5.11 Å². The summed E-state index contributed by atoms with van der Waals surface area (Å²) in [5, 5.41) is 10.2. The second-order valence-electron chi connectivity index (χ2n) is 6.09. The molecule has 2 aromatic rings. The molecule has 0 fully saturated rings. The summed E-state index contributed by atoms with van der Waals surface area (Å²) in [7, 11) is 0. The van der Waals surface area contributed by atoms with E-state index in [0.717, 1.165) is 11.1 Å². The topological polar surface area (TPSA) is 20.2 Å². The van der Waals surface area contributed by atoms with Gasteiger partial charge in [-0.2, -0.15) is 0 Å². The molecule has 1 unspecified atom stereocenters. The van der Waals surface area contributed by atoms with Gasteiger partial charge in [-0.3, -0.25) is 0 Å². The van der Waals surface area contributed by atoms with Gasteiger partial charge >= 0.3 is 0 Å². The lowest BCUT2D eigenvalue weighted by atomic mass is 9.86. The average molecular weight is 266 g/mol. The summed E-state index contributed by atoms with van der Waals surface area (Å²) in [6.45, 7) is 6.56. The first-order valence-corrected chi connectivity index (χ1v) is 6.98. The number of hydrogen-bond acceptors (Lipinski definition) is 1. The maximum atomic E-state index is 10.2. The number of aliphatic hydroxyl groups is 1. The second-order valence-corrected chi connectivity index (χ2v) is 6.09. The largest absolute Gasteiger partial charge is 0.384 e. The Hall–Kier alpha value is -1.86. The van der Waals surface area contributed by atoms with Crippen LogP contribution in [0, 0.1) is 0 Å². The van der Waals surface area contributed by atoms with Crippen LogP contribution in [0.15, 0.2) is 60.7 Å². The van der Waals surface area contributed by atoms with Crippen molar-refractivity contribution in [3.63, 3.8) is 0 Å². The van der Waals surface area contributed by atoms with Crippen molar-refractivity contribution in [2.45, 2.75) is 32.3 Å². The van der Waals surface area contributed by atoms with Crippen molar-refractivity contribution >= 4 is 6.08 Å². The third kappa shape index (κ3) is 3.82. The van der Waals surface area contributed by atoms with E-state index in [1.54, 1.807) is 0 Å². The van der Waals surface area contributed by atoms with Crippen molar-refractivity contribution in [2.75, 3.05) is 0 Å². The van der Waals surface area contributed by atoms with Gasteiger partial charge in [-0.05, 0) is 22.1 Å². The van der Waals surface area contributed by atoms with Crippen LogP contribution in [0.25, 0.3) is 6.08 Å². The predicted molar refractivity (Wildman–Crippen MR) is 85.6 cm³/mol. The van der Waals surface area contributed by atoms with E-state index in [2.05, 4.69) is 32.9 Å². The van der Waals surface area contributed by atoms with Gasteiger partial charge in [0.2, 0.25) is 0 Å². The van der Waals surface area contributed by atoms with Crippen LogP contribution < -0.4 is 0 Å². The molecule has 1 nitrogen and oxygen atoms in total. The third-order valence-corrected chi connectivity index (χ3v) is 3.39. The fraction of sp³-hybridized carbons (Fsp3) is 0.263. The highest BCUT2D eigenvalue weighted by Crippen LogP contribution is 2.24. The van der Waals surface area contributed by atoms with Crippen LogP contribution in [0.3, 0.4) is 0 Å². The van der Waals surface area contributed by atoms with Gasteiger partial charge in [-0.1, -0.05) is 87.5 Å². The zero-order chi connectivity index (χ0) is 14.6. The van der Waals surface area contributed by atoms with E-state index in [1.807, 2.05) is 54.6 Å². The molecule has 0 aliphatic heterocycles. The Balaban J connectivity index is 2.10. The molecule has 2 rings (SSSR count). The minimum absolute atomic E-state index is 0.142. The number of hydrogen-bond donors (Lipinski definition) is 1. The number of aliphatic hydroxyl groups excluding tert-OH is 1. The van der Waals surface area contributed by atoms with Gasteiger partial charge in [-0.25, -0.2) is 0 Å². The first-order chi connectivity index (χ1) is 9.47. The highest BCUT2D eigenvalue weighted by Gasteiger charge is 2.13. The summed E-state index contributed by atoms with van der Waals surface area (Å²) < 4.78 is 0. The fourth-order valence-electron chi connectivity index (χ4n) is 2.06.